The molecule has 0 amide bonds. The summed E-state index contributed by atoms with van der Waals surface area (Å²) in [6.45, 7) is 6.37. The molecule has 1 N–H and O–H groups in total. The number of anilines is 1. The number of hydrogen-bond acceptors (Lipinski definition) is 3. The fourth-order valence-electron chi connectivity index (χ4n) is 1.09. The summed E-state index contributed by atoms with van der Waals surface area (Å²) in [5.41, 5.74) is 0.750. The zero-order valence-electron chi connectivity index (χ0n) is 9.28. The Morgan fingerprint density at radius 2 is 2.00 bits per heavy atom. The van der Waals surface area contributed by atoms with Gasteiger partial charge in [-0.05, 0) is 32.9 Å². The van der Waals surface area contributed by atoms with Crippen LogP contribution in [0.3, 0.4) is 0 Å². The fraction of sp³-hybridized carbons (Fsp3) is 0.545. The van der Waals surface area contributed by atoms with Crippen LogP contribution in [0.2, 0.25) is 0 Å². The van der Waals surface area contributed by atoms with Crippen molar-refractivity contribution in [3.63, 3.8) is 0 Å². The van der Waals surface area contributed by atoms with Crippen molar-refractivity contribution < 1.29 is 5.11 Å². The molecule has 78 valence electrons. The highest BCUT2D eigenvalue weighted by Gasteiger charge is 2.18. The monoisotopic (exact) mass is 194 g/mol. The van der Waals surface area contributed by atoms with Crippen molar-refractivity contribution in [3.05, 3.63) is 23.9 Å². The third-order valence-electron chi connectivity index (χ3n) is 2.30. The molecule has 14 heavy (non-hydrogen) atoms. The van der Waals surface area contributed by atoms with Crippen LogP contribution in [0.25, 0.3) is 0 Å². The van der Waals surface area contributed by atoms with Gasteiger partial charge in [-0.2, -0.15) is 0 Å². The van der Waals surface area contributed by atoms with Crippen LogP contribution in [-0.2, 0) is 6.61 Å². The van der Waals surface area contributed by atoms with Gasteiger partial charge in [0, 0.05) is 12.6 Å². The molecular weight excluding hydrogens is 176 g/mol. The van der Waals surface area contributed by atoms with Gasteiger partial charge in [-0.1, -0.05) is 6.07 Å². The second-order valence-corrected chi connectivity index (χ2v) is 4.38. The first-order chi connectivity index (χ1) is 6.45. The summed E-state index contributed by atoms with van der Waals surface area (Å²) in [5.74, 6) is 0.893. The van der Waals surface area contributed by atoms with E-state index in [1.54, 1.807) is 0 Å². The highest BCUT2D eigenvalue weighted by molar-refractivity contribution is 5.40. The minimum absolute atomic E-state index is 0.00811. The molecule has 0 aliphatic carbocycles. The lowest BCUT2D eigenvalue weighted by Gasteiger charge is -2.33. The van der Waals surface area contributed by atoms with Gasteiger partial charge in [0.05, 0.1) is 12.3 Å². The molecule has 0 saturated carbocycles. The molecule has 0 spiro atoms. The quantitative estimate of drug-likeness (QED) is 0.780. The summed E-state index contributed by atoms with van der Waals surface area (Å²) in [7, 11) is 2.00. The lowest BCUT2D eigenvalue weighted by molar-refractivity contribution is 0.277. The number of aliphatic hydroxyl groups excluding tert-OH is 1. The van der Waals surface area contributed by atoms with Crippen LogP contribution in [-0.4, -0.2) is 22.7 Å². The molecule has 0 aliphatic rings. The number of rotatable bonds is 2. The van der Waals surface area contributed by atoms with E-state index in [0.29, 0.717) is 5.69 Å². The maximum Gasteiger partial charge on any atom is 0.129 e. The van der Waals surface area contributed by atoms with Gasteiger partial charge in [0.15, 0.2) is 0 Å². The normalized spacial score (nSPS) is 11.5. The Morgan fingerprint density at radius 1 is 1.36 bits per heavy atom. The number of aliphatic hydroxyl groups is 1. The average molecular weight is 194 g/mol. The maximum atomic E-state index is 8.97. The molecule has 0 radical (unpaired) electrons. The summed E-state index contributed by atoms with van der Waals surface area (Å²) in [4.78, 5) is 6.42. The molecule has 0 bridgehead atoms. The van der Waals surface area contributed by atoms with Gasteiger partial charge in [-0.25, -0.2) is 4.98 Å². The second kappa shape index (κ2) is 3.96. The molecule has 3 heteroatoms. The second-order valence-electron chi connectivity index (χ2n) is 4.38. The Hall–Kier alpha value is -1.09. The number of nitrogens with zero attached hydrogens (tertiary/aromatic N) is 2. The Kier molecular flexibility index (Phi) is 3.11. The lowest BCUT2D eigenvalue weighted by Crippen LogP contribution is -2.38. The van der Waals surface area contributed by atoms with E-state index in [2.05, 4.69) is 30.7 Å². The molecule has 3 nitrogen and oxygen atoms in total. The van der Waals surface area contributed by atoms with Crippen LogP contribution in [0, 0.1) is 0 Å². The zero-order valence-corrected chi connectivity index (χ0v) is 9.28. The van der Waals surface area contributed by atoms with E-state index in [9.17, 15) is 0 Å². The topological polar surface area (TPSA) is 36.4 Å². The third kappa shape index (κ3) is 2.45. The Balaban J connectivity index is 2.95. The minimum Gasteiger partial charge on any atom is -0.390 e. The first kappa shape index (κ1) is 11.0. The molecule has 1 aromatic rings. The smallest absolute Gasteiger partial charge is 0.129 e. The molecule has 1 aromatic heterocycles. The minimum atomic E-state index is -0.00811. The number of hydrogen-bond donors (Lipinski definition) is 1. The average Bonchev–Trinajstić information content (AvgIpc) is 2.15. The molecule has 0 saturated heterocycles. The Labute approximate surface area is 85.4 Å². The molecule has 0 unspecified atom stereocenters. The van der Waals surface area contributed by atoms with Crippen molar-refractivity contribution in [3.8, 4) is 0 Å². The molecule has 0 aromatic carbocycles. The van der Waals surface area contributed by atoms with E-state index in [1.807, 2.05) is 25.2 Å². The van der Waals surface area contributed by atoms with E-state index in [-0.39, 0.29) is 12.1 Å². The predicted octanol–water partition coefficient (Wildman–Crippen LogP) is 1.81. The van der Waals surface area contributed by atoms with Crippen LogP contribution in [0.15, 0.2) is 18.2 Å². The van der Waals surface area contributed by atoms with Crippen molar-refractivity contribution >= 4 is 5.82 Å². The SMILES string of the molecule is CN(c1cccc(CO)n1)C(C)(C)C. The Morgan fingerprint density at radius 3 is 2.50 bits per heavy atom. The summed E-state index contributed by atoms with van der Waals surface area (Å²) in [5, 5.41) is 8.97. The van der Waals surface area contributed by atoms with Gasteiger partial charge < -0.3 is 10.0 Å². The van der Waals surface area contributed by atoms with Crippen molar-refractivity contribution in [1.29, 1.82) is 0 Å². The standard InChI is InChI=1S/C11H18N2O/c1-11(2,3)13(4)10-7-5-6-9(8-14)12-10/h5-7,14H,8H2,1-4H3. The van der Waals surface area contributed by atoms with Crippen molar-refractivity contribution in [1.82, 2.24) is 4.98 Å². The highest BCUT2D eigenvalue weighted by Crippen LogP contribution is 2.19. The molecule has 0 atom stereocenters. The van der Waals surface area contributed by atoms with Gasteiger partial charge in [-0.15, -0.1) is 0 Å². The van der Waals surface area contributed by atoms with Crippen molar-refractivity contribution in [2.24, 2.45) is 0 Å². The van der Waals surface area contributed by atoms with Gasteiger partial charge >= 0.3 is 0 Å². The molecular formula is C11H18N2O. The van der Waals surface area contributed by atoms with E-state index in [1.165, 1.54) is 0 Å². The molecule has 0 fully saturated rings. The zero-order chi connectivity index (χ0) is 10.8. The van der Waals surface area contributed by atoms with Gasteiger partial charge in [-0.3, -0.25) is 0 Å². The maximum absolute atomic E-state index is 8.97. The van der Waals surface area contributed by atoms with Crippen LogP contribution < -0.4 is 4.90 Å². The first-order valence-electron chi connectivity index (χ1n) is 4.76. The molecule has 1 rings (SSSR count). The Bertz CT molecular complexity index is 304. The van der Waals surface area contributed by atoms with E-state index < -0.39 is 0 Å². The van der Waals surface area contributed by atoms with Crippen molar-refractivity contribution in [2.45, 2.75) is 32.9 Å². The number of aromatic nitrogens is 1. The summed E-state index contributed by atoms with van der Waals surface area (Å²) in [6, 6.07) is 5.68. The largest absolute Gasteiger partial charge is 0.390 e. The summed E-state index contributed by atoms with van der Waals surface area (Å²) in [6.07, 6.45) is 0. The van der Waals surface area contributed by atoms with Gasteiger partial charge in [0.25, 0.3) is 0 Å². The van der Waals surface area contributed by atoms with Crippen molar-refractivity contribution in [2.75, 3.05) is 11.9 Å². The predicted molar refractivity (Wildman–Crippen MR) is 58.3 cm³/mol. The highest BCUT2D eigenvalue weighted by atomic mass is 16.3. The van der Waals surface area contributed by atoms with Crippen LogP contribution in [0.5, 0.6) is 0 Å². The van der Waals surface area contributed by atoms with E-state index in [4.69, 9.17) is 5.11 Å². The van der Waals surface area contributed by atoms with Crippen LogP contribution in [0.1, 0.15) is 26.5 Å². The summed E-state index contributed by atoms with van der Waals surface area (Å²) < 4.78 is 0. The fourth-order valence-corrected chi connectivity index (χ4v) is 1.09. The van der Waals surface area contributed by atoms with Crippen LogP contribution >= 0.6 is 0 Å². The first-order valence-corrected chi connectivity index (χ1v) is 4.76. The number of pyridine rings is 1. The van der Waals surface area contributed by atoms with Gasteiger partial charge in [0.2, 0.25) is 0 Å². The third-order valence-corrected chi connectivity index (χ3v) is 2.30. The molecule has 0 aliphatic heterocycles. The van der Waals surface area contributed by atoms with Crippen LogP contribution in [0.4, 0.5) is 5.82 Å². The van der Waals surface area contributed by atoms with E-state index in [0.717, 1.165) is 5.82 Å². The molecule has 1 heterocycles. The summed E-state index contributed by atoms with van der Waals surface area (Å²) >= 11 is 0. The van der Waals surface area contributed by atoms with E-state index >= 15 is 0 Å². The van der Waals surface area contributed by atoms with Gasteiger partial charge in [0.1, 0.15) is 5.82 Å². The lowest BCUT2D eigenvalue weighted by atomic mass is 10.1.